The molecule has 0 atom stereocenters. The van der Waals surface area contributed by atoms with E-state index < -0.39 is 0 Å². The normalized spacial score (nSPS) is 11.6. The Kier molecular flexibility index (Phi) is 7.61. The molecule has 0 aliphatic heterocycles. The van der Waals surface area contributed by atoms with E-state index in [1.54, 1.807) is 0 Å². The van der Waals surface area contributed by atoms with Crippen LogP contribution in [-0.4, -0.2) is 0 Å². The molecule has 55 heavy (non-hydrogen) atoms. The van der Waals surface area contributed by atoms with Crippen molar-refractivity contribution in [2.75, 3.05) is 4.90 Å². The molecule has 0 spiro atoms. The molecular weight excluding hydrogens is 703 g/mol. The van der Waals surface area contributed by atoms with E-state index in [0.717, 1.165) is 17.1 Å². The number of thiophene rings is 2. The molecule has 0 amide bonds. The van der Waals surface area contributed by atoms with E-state index in [-0.39, 0.29) is 0 Å². The van der Waals surface area contributed by atoms with E-state index in [9.17, 15) is 0 Å². The van der Waals surface area contributed by atoms with Crippen LogP contribution in [0, 0.1) is 0 Å². The largest absolute Gasteiger partial charge is 0.310 e. The second-order valence-electron chi connectivity index (χ2n) is 14.1. The Labute approximate surface area is 327 Å². The smallest absolute Gasteiger partial charge is 0.0540 e. The van der Waals surface area contributed by atoms with Gasteiger partial charge in [-0.3, -0.25) is 0 Å². The Balaban J connectivity index is 1.08. The van der Waals surface area contributed by atoms with Crippen LogP contribution in [0.2, 0.25) is 0 Å². The summed E-state index contributed by atoms with van der Waals surface area (Å²) >= 11 is 3.74. The van der Waals surface area contributed by atoms with Gasteiger partial charge in [-0.2, -0.15) is 0 Å². The first-order chi connectivity index (χ1) is 27.2. The molecule has 11 aromatic rings. The van der Waals surface area contributed by atoms with Gasteiger partial charge in [0.05, 0.1) is 5.69 Å². The van der Waals surface area contributed by atoms with Crippen LogP contribution in [0.4, 0.5) is 17.1 Å². The molecular formula is C52H33NS2. The molecule has 258 valence electrons. The fourth-order valence-corrected chi connectivity index (χ4v) is 10.5. The summed E-state index contributed by atoms with van der Waals surface area (Å²) in [6, 6.07) is 73.5. The van der Waals surface area contributed by atoms with Crippen molar-refractivity contribution in [2.45, 2.75) is 0 Å². The predicted molar refractivity (Wildman–Crippen MR) is 241 cm³/mol. The van der Waals surface area contributed by atoms with Gasteiger partial charge >= 0.3 is 0 Å². The van der Waals surface area contributed by atoms with Crippen molar-refractivity contribution in [3.05, 3.63) is 200 Å². The highest BCUT2D eigenvalue weighted by Crippen LogP contribution is 2.47. The maximum atomic E-state index is 2.44. The van der Waals surface area contributed by atoms with Gasteiger partial charge in [-0.05, 0) is 93.7 Å². The van der Waals surface area contributed by atoms with Crippen LogP contribution in [0.3, 0.4) is 0 Å². The van der Waals surface area contributed by atoms with Crippen molar-refractivity contribution in [2.24, 2.45) is 0 Å². The van der Waals surface area contributed by atoms with E-state index >= 15 is 0 Å². The molecule has 2 heterocycles. The summed E-state index contributed by atoms with van der Waals surface area (Å²) in [5, 5.41) is 7.75. The highest BCUT2D eigenvalue weighted by Gasteiger charge is 2.20. The van der Waals surface area contributed by atoms with Crippen molar-refractivity contribution in [1.82, 2.24) is 0 Å². The zero-order chi connectivity index (χ0) is 36.3. The molecule has 0 aliphatic carbocycles. The zero-order valence-corrected chi connectivity index (χ0v) is 31.4. The molecule has 11 rings (SSSR count). The van der Waals surface area contributed by atoms with Crippen molar-refractivity contribution in [3.63, 3.8) is 0 Å². The maximum absolute atomic E-state index is 2.44. The van der Waals surface area contributed by atoms with Gasteiger partial charge in [0.25, 0.3) is 0 Å². The molecule has 9 aromatic carbocycles. The molecule has 0 bridgehead atoms. The lowest BCUT2D eigenvalue weighted by molar-refractivity contribution is 1.28. The van der Waals surface area contributed by atoms with Crippen LogP contribution in [0.1, 0.15) is 0 Å². The van der Waals surface area contributed by atoms with Crippen molar-refractivity contribution >= 4 is 90.9 Å². The van der Waals surface area contributed by atoms with Crippen LogP contribution in [-0.2, 0) is 0 Å². The van der Waals surface area contributed by atoms with Gasteiger partial charge < -0.3 is 4.90 Å². The fraction of sp³-hybridized carbons (Fsp3) is 0. The first kappa shape index (κ1) is 32.0. The number of fused-ring (bicyclic) bond motifs is 7. The van der Waals surface area contributed by atoms with Crippen molar-refractivity contribution < 1.29 is 0 Å². The van der Waals surface area contributed by atoms with E-state index in [1.165, 1.54) is 84.5 Å². The van der Waals surface area contributed by atoms with Gasteiger partial charge in [-0.25, -0.2) is 0 Å². The number of benzene rings is 9. The van der Waals surface area contributed by atoms with E-state index in [2.05, 4.69) is 205 Å². The third-order valence-electron chi connectivity index (χ3n) is 10.9. The van der Waals surface area contributed by atoms with Gasteiger partial charge in [-0.15, -0.1) is 22.7 Å². The van der Waals surface area contributed by atoms with Crippen LogP contribution in [0.5, 0.6) is 0 Å². The van der Waals surface area contributed by atoms with E-state index in [1.807, 2.05) is 22.7 Å². The standard InChI is InChI=1S/C52H33NS2/c1-2-12-36-31-38(24-23-34(36)11-1)35-25-28-40(29-26-35)53(41-14-9-13-37(32-41)39-27-30-51-47(33-39)44-17-5-7-21-49(44)54-51)48-20-6-3-15-42(48)45-18-10-19-46-43-16-4-8-22-50(43)55-52(45)46/h1-33H. The minimum absolute atomic E-state index is 1.11. The zero-order valence-electron chi connectivity index (χ0n) is 29.8. The number of hydrogen-bond donors (Lipinski definition) is 0. The monoisotopic (exact) mass is 735 g/mol. The number of nitrogens with zero attached hydrogens (tertiary/aromatic N) is 1. The summed E-state index contributed by atoms with van der Waals surface area (Å²) in [5.74, 6) is 0. The third-order valence-corrected chi connectivity index (χ3v) is 13.2. The SMILES string of the molecule is c1cc(-c2ccc3sc4ccccc4c3c2)cc(N(c2ccc(-c3ccc4ccccc4c3)cc2)c2ccccc2-c2cccc3c2sc2ccccc23)c1. The number of para-hydroxylation sites is 1. The minimum Gasteiger partial charge on any atom is -0.310 e. The minimum atomic E-state index is 1.11. The number of anilines is 3. The Morgan fingerprint density at radius 1 is 0.309 bits per heavy atom. The number of rotatable bonds is 6. The second kappa shape index (κ2) is 13.1. The summed E-state index contributed by atoms with van der Waals surface area (Å²) < 4.78 is 5.27. The summed E-state index contributed by atoms with van der Waals surface area (Å²) in [6.07, 6.45) is 0. The van der Waals surface area contributed by atoms with Crippen LogP contribution < -0.4 is 4.90 Å². The second-order valence-corrected chi connectivity index (χ2v) is 16.2. The van der Waals surface area contributed by atoms with Gasteiger partial charge in [-0.1, -0.05) is 140 Å². The molecule has 0 radical (unpaired) electrons. The first-order valence-electron chi connectivity index (χ1n) is 18.7. The van der Waals surface area contributed by atoms with E-state index in [4.69, 9.17) is 0 Å². The highest BCUT2D eigenvalue weighted by molar-refractivity contribution is 7.26. The van der Waals surface area contributed by atoms with Crippen molar-refractivity contribution in [3.8, 4) is 33.4 Å². The van der Waals surface area contributed by atoms with Crippen LogP contribution >= 0.6 is 22.7 Å². The Morgan fingerprint density at radius 3 is 1.78 bits per heavy atom. The molecule has 0 aliphatic rings. The average molecular weight is 736 g/mol. The Hall–Kier alpha value is -6.52. The van der Waals surface area contributed by atoms with Gasteiger partial charge in [0.2, 0.25) is 0 Å². The van der Waals surface area contributed by atoms with Gasteiger partial charge in [0.15, 0.2) is 0 Å². The first-order valence-corrected chi connectivity index (χ1v) is 20.3. The average Bonchev–Trinajstić information content (AvgIpc) is 3.83. The molecule has 2 aromatic heterocycles. The predicted octanol–water partition coefficient (Wildman–Crippen LogP) is 16.0. The van der Waals surface area contributed by atoms with Crippen LogP contribution in [0.25, 0.3) is 84.5 Å². The van der Waals surface area contributed by atoms with Gasteiger partial charge in [0, 0.05) is 62.8 Å². The lowest BCUT2D eigenvalue weighted by atomic mass is 9.98. The molecule has 0 fully saturated rings. The quantitative estimate of drug-likeness (QED) is 0.164. The lowest BCUT2D eigenvalue weighted by Gasteiger charge is -2.28. The summed E-state index contributed by atoms with van der Waals surface area (Å²) in [4.78, 5) is 2.44. The van der Waals surface area contributed by atoms with Crippen molar-refractivity contribution in [1.29, 1.82) is 0 Å². The van der Waals surface area contributed by atoms with Gasteiger partial charge in [0.1, 0.15) is 0 Å². The highest BCUT2D eigenvalue weighted by atomic mass is 32.1. The Bertz CT molecular complexity index is 3220. The molecule has 0 saturated carbocycles. The summed E-state index contributed by atoms with van der Waals surface area (Å²) in [7, 11) is 0. The molecule has 0 saturated heterocycles. The Morgan fingerprint density at radius 2 is 0.909 bits per heavy atom. The third kappa shape index (κ3) is 5.51. The fourth-order valence-electron chi connectivity index (χ4n) is 8.18. The topological polar surface area (TPSA) is 3.24 Å². The molecule has 1 nitrogen and oxygen atoms in total. The van der Waals surface area contributed by atoms with E-state index in [0.29, 0.717) is 0 Å². The lowest BCUT2D eigenvalue weighted by Crippen LogP contribution is -2.11. The summed E-state index contributed by atoms with van der Waals surface area (Å²) in [6.45, 7) is 0. The molecule has 0 unspecified atom stereocenters. The maximum Gasteiger partial charge on any atom is 0.0540 e. The summed E-state index contributed by atoms with van der Waals surface area (Å²) in [5.41, 5.74) is 10.6. The van der Waals surface area contributed by atoms with Crippen LogP contribution in [0.15, 0.2) is 200 Å². The molecule has 0 N–H and O–H groups in total. The molecule has 3 heteroatoms. The number of hydrogen-bond acceptors (Lipinski definition) is 3.